The van der Waals surface area contributed by atoms with Gasteiger partial charge in [0.15, 0.2) is 9.84 Å². The molecule has 0 saturated carbocycles. The lowest BCUT2D eigenvalue weighted by atomic mass is 9.96. The second-order valence-corrected chi connectivity index (χ2v) is 11.0. The van der Waals surface area contributed by atoms with Crippen LogP contribution in [-0.2, 0) is 14.6 Å². The Morgan fingerprint density at radius 2 is 1.94 bits per heavy atom. The van der Waals surface area contributed by atoms with Gasteiger partial charge in [0.05, 0.1) is 34.7 Å². The third-order valence-electron chi connectivity index (χ3n) is 6.34. The maximum absolute atomic E-state index is 13.2. The fourth-order valence-electron chi connectivity index (χ4n) is 4.43. The van der Waals surface area contributed by atoms with Crippen LogP contribution in [0.15, 0.2) is 53.4 Å². The summed E-state index contributed by atoms with van der Waals surface area (Å²) in [7, 11) is -1.63. The molecule has 1 aliphatic heterocycles. The van der Waals surface area contributed by atoms with Crippen molar-refractivity contribution in [2.45, 2.75) is 30.8 Å². The highest BCUT2D eigenvalue weighted by molar-refractivity contribution is 7.90. The van der Waals surface area contributed by atoms with Crippen molar-refractivity contribution >= 4 is 32.6 Å². The van der Waals surface area contributed by atoms with E-state index in [-0.39, 0.29) is 23.3 Å². The molecule has 180 valence electrons. The minimum absolute atomic E-state index is 0.0171. The van der Waals surface area contributed by atoms with E-state index in [1.807, 2.05) is 42.2 Å². The molecule has 0 radical (unpaired) electrons. The number of benzene rings is 2. The first kappa shape index (κ1) is 24.1. The number of carbonyl (C=O) groups is 1. The summed E-state index contributed by atoms with van der Waals surface area (Å²) in [6.07, 6.45) is 2.00. The van der Waals surface area contributed by atoms with Gasteiger partial charge in [-0.15, -0.1) is 0 Å². The molecule has 34 heavy (non-hydrogen) atoms. The number of fused-ring (bicyclic) bond motifs is 1. The molecular weight excluding hydrogens is 452 g/mol. The van der Waals surface area contributed by atoms with Crippen LogP contribution in [0.3, 0.4) is 0 Å². The Labute approximate surface area is 200 Å². The van der Waals surface area contributed by atoms with Crippen molar-refractivity contribution in [3.05, 3.63) is 59.8 Å². The van der Waals surface area contributed by atoms with Crippen molar-refractivity contribution in [2.75, 3.05) is 37.8 Å². The minimum Gasteiger partial charge on any atom is -0.387 e. The van der Waals surface area contributed by atoms with E-state index in [2.05, 4.69) is 9.97 Å². The van der Waals surface area contributed by atoms with Crippen molar-refractivity contribution in [3.8, 4) is 0 Å². The standard InChI is InChI=1S/C25H30N4O4S/c1-17-21-12-11-20(34(3,32)33)14-22(21)27-25(26-17)29-13-7-10-19(15-29)24(31)28(2)16-23(30)18-8-5-4-6-9-18/h4-6,8-9,11-12,14,19,23,30H,7,10,13,15-16H2,1-3H3. The van der Waals surface area contributed by atoms with Gasteiger partial charge < -0.3 is 14.9 Å². The second-order valence-electron chi connectivity index (χ2n) is 8.99. The highest BCUT2D eigenvalue weighted by Gasteiger charge is 2.30. The molecule has 2 unspecified atom stereocenters. The number of likely N-dealkylation sites (N-methyl/N-ethyl adjacent to an activating group) is 1. The lowest BCUT2D eigenvalue weighted by molar-refractivity contribution is -0.135. The number of amides is 1. The Hall–Kier alpha value is -3.04. The SMILES string of the molecule is Cc1nc(N2CCCC(C(=O)N(C)CC(O)c3ccccc3)C2)nc2cc(S(C)(=O)=O)ccc12. The summed E-state index contributed by atoms with van der Waals surface area (Å²) in [4.78, 5) is 26.3. The van der Waals surface area contributed by atoms with E-state index in [1.165, 1.54) is 6.26 Å². The number of nitrogens with zero attached hydrogens (tertiary/aromatic N) is 4. The molecule has 2 atom stereocenters. The molecular formula is C25H30N4O4S. The molecule has 1 fully saturated rings. The van der Waals surface area contributed by atoms with E-state index in [4.69, 9.17) is 0 Å². The first-order valence-electron chi connectivity index (χ1n) is 11.3. The number of aliphatic hydroxyl groups excluding tert-OH is 1. The zero-order chi connectivity index (χ0) is 24.5. The van der Waals surface area contributed by atoms with Gasteiger partial charge in [-0.05, 0) is 43.5 Å². The highest BCUT2D eigenvalue weighted by Crippen LogP contribution is 2.26. The van der Waals surface area contributed by atoms with Gasteiger partial charge in [0, 0.05) is 31.8 Å². The van der Waals surface area contributed by atoms with E-state index in [9.17, 15) is 18.3 Å². The molecule has 4 rings (SSSR count). The Balaban J connectivity index is 1.51. The number of piperidine rings is 1. The summed E-state index contributed by atoms with van der Waals surface area (Å²) in [5.41, 5.74) is 2.11. The monoisotopic (exact) mass is 482 g/mol. The van der Waals surface area contributed by atoms with Crippen molar-refractivity contribution in [3.63, 3.8) is 0 Å². The van der Waals surface area contributed by atoms with Crippen molar-refractivity contribution < 1.29 is 18.3 Å². The van der Waals surface area contributed by atoms with Gasteiger partial charge in [0.2, 0.25) is 11.9 Å². The smallest absolute Gasteiger partial charge is 0.227 e. The maximum Gasteiger partial charge on any atom is 0.227 e. The molecule has 1 saturated heterocycles. The van der Waals surface area contributed by atoms with Crippen LogP contribution < -0.4 is 4.90 Å². The van der Waals surface area contributed by atoms with Crippen molar-refractivity contribution in [1.82, 2.24) is 14.9 Å². The molecule has 2 aromatic carbocycles. The summed E-state index contributed by atoms with van der Waals surface area (Å²) >= 11 is 0. The lowest BCUT2D eigenvalue weighted by Crippen LogP contribution is -2.45. The number of carbonyl (C=O) groups excluding carboxylic acids is 1. The number of aryl methyl sites for hydroxylation is 1. The summed E-state index contributed by atoms with van der Waals surface area (Å²) in [5, 5.41) is 11.3. The summed E-state index contributed by atoms with van der Waals surface area (Å²) in [5.74, 6) is 0.250. The number of rotatable bonds is 6. The Bertz CT molecular complexity index is 1300. The van der Waals surface area contributed by atoms with E-state index in [0.29, 0.717) is 18.0 Å². The molecule has 0 spiro atoms. The highest BCUT2D eigenvalue weighted by atomic mass is 32.2. The minimum atomic E-state index is -3.35. The first-order valence-corrected chi connectivity index (χ1v) is 13.2. The van der Waals surface area contributed by atoms with Gasteiger partial charge in [-0.25, -0.2) is 18.4 Å². The van der Waals surface area contributed by atoms with Gasteiger partial charge in [0.1, 0.15) is 0 Å². The molecule has 8 nitrogen and oxygen atoms in total. The number of sulfone groups is 1. The third kappa shape index (κ3) is 5.20. The van der Waals surface area contributed by atoms with Gasteiger partial charge in [-0.1, -0.05) is 30.3 Å². The Morgan fingerprint density at radius 1 is 1.21 bits per heavy atom. The van der Waals surface area contributed by atoms with Crippen LogP contribution >= 0.6 is 0 Å². The van der Waals surface area contributed by atoms with E-state index in [0.717, 1.165) is 36.0 Å². The molecule has 0 aliphatic carbocycles. The average Bonchev–Trinajstić information content (AvgIpc) is 2.83. The number of aromatic nitrogens is 2. The summed E-state index contributed by atoms with van der Waals surface area (Å²) < 4.78 is 24.0. The van der Waals surface area contributed by atoms with Gasteiger partial charge in [0.25, 0.3) is 0 Å². The van der Waals surface area contributed by atoms with E-state index >= 15 is 0 Å². The number of hydrogen-bond donors (Lipinski definition) is 1. The van der Waals surface area contributed by atoms with Crippen LogP contribution in [0.2, 0.25) is 0 Å². The van der Waals surface area contributed by atoms with Crippen molar-refractivity contribution in [2.24, 2.45) is 5.92 Å². The molecule has 3 aromatic rings. The van der Waals surface area contributed by atoms with Crippen LogP contribution in [0.5, 0.6) is 0 Å². The molecule has 0 bridgehead atoms. The fourth-order valence-corrected chi connectivity index (χ4v) is 5.07. The molecule has 1 aromatic heterocycles. The zero-order valence-electron chi connectivity index (χ0n) is 19.7. The van der Waals surface area contributed by atoms with Crippen LogP contribution in [0.1, 0.15) is 30.2 Å². The van der Waals surface area contributed by atoms with Crippen LogP contribution in [-0.4, -0.2) is 67.2 Å². The predicted molar refractivity (Wildman–Crippen MR) is 131 cm³/mol. The molecule has 1 N–H and O–H groups in total. The third-order valence-corrected chi connectivity index (χ3v) is 7.45. The van der Waals surface area contributed by atoms with Gasteiger partial charge in [-0.2, -0.15) is 0 Å². The summed E-state index contributed by atoms with van der Waals surface area (Å²) in [6.45, 7) is 3.29. The predicted octanol–water partition coefficient (Wildman–Crippen LogP) is 2.75. The quantitative estimate of drug-likeness (QED) is 0.576. The van der Waals surface area contributed by atoms with Gasteiger partial charge >= 0.3 is 0 Å². The summed E-state index contributed by atoms with van der Waals surface area (Å²) in [6, 6.07) is 14.2. The number of hydrogen-bond acceptors (Lipinski definition) is 7. The molecule has 1 amide bonds. The lowest BCUT2D eigenvalue weighted by Gasteiger charge is -2.34. The Morgan fingerprint density at radius 3 is 2.65 bits per heavy atom. The van der Waals surface area contributed by atoms with Crippen LogP contribution in [0.25, 0.3) is 10.9 Å². The number of anilines is 1. The van der Waals surface area contributed by atoms with Crippen LogP contribution in [0.4, 0.5) is 5.95 Å². The van der Waals surface area contributed by atoms with Gasteiger partial charge in [-0.3, -0.25) is 4.79 Å². The molecule has 9 heteroatoms. The van der Waals surface area contributed by atoms with E-state index < -0.39 is 15.9 Å². The zero-order valence-corrected chi connectivity index (χ0v) is 20.5. The Kier molecular flexibility index (Phi) is 6.86. The molecule has 1 aliphatic rings. The fraction of sp³-hybridized carbons (Fsp3) is 0.400. The van der Waals surface area contributed by atoms with Crippen molar-refractivity contribution in [1.29, 1.82) is 0 Å². The maximum atomic E-state index is 13.2. The molecule has 2 heterocycles. The largest absolute Gasteiger partial charge is 0.387 e. The number of aliphatic hydroxyl groups is 1. The van der Waals surface area contributed by atoms with E-state index in [1.54, 1.807) is 30.1 Å². The first-order chi connectivity index (χ1) is 16.1. The van der Waals surface area contributed by atoms with Crippen LogP contribution in [0, 0.1) is 12.8 Å². The second kappa shape index (κ2) is 9.68. The topological polar surface area (TPSA) is 104 Å². The average molecular weight is 483 g/mol. The normalized spacial score (nSPS) is 17.5.